The summed E-state index contributed by atoms with van der Waals surface area (Å²) in [5, 5.41) is 0. The van der Waals surface area contributed by atoms with Gasteiger partial charge in [0.15, 0.2) is 0 Å². The number of likely N-dealkylation sites (N-methyl/N-ethyl adjacent to an activating group) is 1. The average molecular weight is 199 g/mol. The Bertz CT molecular complexity index is 170. The van der Waals surface area contributed by atoms with E-state index in [0.29, 0.717) is 12.1 Å². The molecule has 2 N–H and O–H groups in total. The largest absolute Gasteiger partial charge is 0.327 e. The maximum absolute atomic E-state index is 5.96. The van der Waals surface area contributed by atoms with Gasteiger partial charge < -0.3 is 10.6 Å². The molecule has 0 aliphatic carbocycles. The Morgan fingerprint density at radius 1 is 1.43 bits per heavy atom. The predicted octanol–water partition coefficient (Wildman–Crippen LogP) is 0.606. The van der Waals surface area contributed by atoms with Crippen molar-refractivity contribution in [3.05, 3.63) is 0 Å². The first-order valence-corrected chi connectivity index (χ1v) is 5.69. The van der Waals surface area contributed by atoms with E-state index in [2.05, 4.69) is 37.7 Å². The topological polar surface area (TPSA) is 32.5 Å². The second kappa shape index (κ2) is 5.10. The Morgan fingerprint density at radius 2 is 2.07 bits per heavy atom. The lowest BCUT2D eigenvalue weighted by Crippen LogP contribution is -2.38. The minimum Gasteiger partial charge on any atom is -0.327 e. The molecule has 0 aromatic rings. The summed E-state index contributed by atoms with van der Waals surface area (Å²) in [5.41, 5.74) is 5.96. The Morgan fingerprint density at radius 3 is 2.50 bits per heavy atom. The van der Waals surface area contributed by atoms with Crippen molar-refractivity contribution in [2.45, 2.75) is 32.4 Å². The standard InChI is InChI=1S/C11H25N3/c1-5-10(12)7-14-6-9(2)11(8-14)13(3)4/h9-11H,5-8,12H2,1-4H3. The van der Waals surface area contributed by atoms with Gasteiger partial charge in [-0.3, -0.25) is 4.90 Å². The first kappa shape index (κ1) is 12.0. The minimum atomic E-state index is 0.350. The fourth-order valence-corrected chi connectivity index (χ4v) is 2.33. The zero-order chi connectivity index (χ0) is 10.7. The third kappa shape index (κ3) is 2.94. The Hall–Kier alpha value is -0.120. The van der Waals surface area contributed by atoms with Gasteiger partial charge in [0.1, 0.15) is 0 Å². The second-order valence-corrected chi connectivity index (χ2v) is 4.90. The highest BCUT2D eigenvalue weighted by atomic mass is 15.2. The summed E-state index contributed by atoms with van der Waals surface area (Å²) in [4.78, 5) is 4.84. The van der Waals surface area contributed by atoms with Gasteiger partial charge in [0.2, 0.25) is 0 Å². The van der Waals surface area contributed by atoms with Crippen molar-refractivity contribution in [2.24, 2.45) is 11.7 Å². The Kier molecular flexibility index (Phi) is 4.35. The molecule has 1 aliphatic heterocycles. The van der Waals surface area contributed by atoms with Crippen LogP contribution in [-0.2, 0) is 0 Å². The molecule has 1 heterocycles. The van der Waals surface area contributed by atoms with Crippen molar-refractivity contribution in [3.63, 3.8) is 0 Å². The lowest BCUT2D eigenvalue weighted by atomic mass is 10.1. The van der Waals surface area contributed by atoms with E-state index >= 15 is 0 Å². The molecule has 0 radical (unpaired) electrons. The fraction of sp³-hybridized carbons (Fsp3) is 1.00. The molecular formula is C11H25N3. The van der Waals surface area contributed by atoms with Crippen molar-refractivity contribution >= 4 is 0 Å². The third-order valence-corrected chi connectivity index (χ3v) is 3.33. The van der Waals surface area contributed by atoms with Gasteiger partial charge in [0.05, 0.1) is 0 Å². The van der Waals surface area contributed by atoms with Crippen LogP contribution in [0.1, 0.15) is 20.3 Å². The number of nitrogens with zero attached hydrogens (tertiary/aromatic N) is 2. The van der Waals surface area contributed by atoms with Crippen molar-refractivity contribution in [1.29, 1.82) is 0 Å². The molecule has 14 heavy (non-hydrogen) atoms. The van der Waals surface area contributed by atoms with Crippen molar-refractivity contribution in [1.82, 2.24) is 9.80 Å². The van der Waals surface area contributed by atoms with Crippen LogP contribution in [0, 0.1) is 5.92 Å². The maximum atomic E-state index is 5.96. The number of hydrogen-bond acceptors (Lipinski definition) is 3. The van der Waals surface area contributed by atoms with E-state index in [4.69, 9.17) is 5.73 Å². The monoisotopic (exact) mass is 199 g/mol. The van der Waals surface area contributed by atoms with E-state index < -0.39 is 0 Å². The van der Waals surface area contributed by atoms with Crippen LogP contribution in [0.4, 0.5) is 0 Å². The van der Waals surface area contributed by atoms with Crippen molar-refractivity contribution in [2.75, 3.05) is 33.7 Å². The van der Waals surface area contributed by atoms with E-state index in [1.165, 1.54) is 13.1 Å². The molecule has 3 heteroatoms. The predicted molar refractivity (Wildman–Crippen MR) is 61.3 cm³/mol. The van der Waals surface area contributed by atoms with Gasteiger partial charge in [0.25, 0.3) is 0 Å². The Balaban J connectivity index is 2.38. The maximum Gasteiger partial charge on any atom is 0.0254 e. The zero-order valence-corrected chi connectivity index (χ0v) is 10.0. The van der Waals surface area contributed by atoms with Crippen molar-refractivity contribution < 1.29 is 0 Å². The van der Waals surface area contributed by atoms with Gasteiger partial charge in [-0.25, -0.2) is 0 Å². The molecule has 1 fully saturated rings. The highest BCUT2D eigenvalue weighted by Gasteiger charge is 2.31. The number of hydrogen-bond donors (Lipinski definition) is 1. The Labute approximate surface area is 88.2 Å². The zero-order valence-electron chi connectivity index (χ0n) is 10.0. The molecule has 1 rings (SSSR count). The van der Waals surface area contributed by atoms with E-state index in [1.807, 2.05) is 0 Å². The average Bonchev–Trinajstić information content (AvgIpc) is 2.46. The lowest BCUT2D eigenvalue weighted by Gasteiger charge is -2.23. The summed E-state index contributed by atoms with van der Waals surface area (Å²) in [5.74, 6) is 0.772. The van der Waals surface area contributed by atoms with E-state index in [1.54, 1.807) is 0 Å². The van der Waals surface area contributed by atoms with Gasteiger partial charge in [-0.1, -0.05) is 13.8 Å². The van der Waals surface area contributed by atoms with Crippen molar-refractivity contribution in [3.8, 4) is 0 Å². The summed E-state index contributed by atoms with van der Waals surface area (Å²) in [6, 6.07) is 1.06. The quantitative estimate of drug-likeness (QED) is 0.720. The summed E-state index contributed by atoms with van der Waals surface area (Å²) in [7, 11) is 4.34. The molecule has 0 spiro atoms. The second-order valence-electron chi connectivity index (χ2n) is 4.90. The number of nitrogens with two attached hydrogens (primary N) is 1. The minimum absolute atomic E-state index is 0.350. The van der Waals surface area contributed by atoms with Crippen LogP contribution in [0.5, 0.6) is 0 Å². The van der Waals surface area contributed by atoms with Crippen LogP contribution < -0.4 is 5.73 Å². The van der Waals surface area contributed by atoms with Crippen LogP contribution in [-0.4, -0.2) is 55.6 Å². The first-order chi connectivity index (χ1) is 6.54. The molecule has 0 saturated carbocycles. The SMILES string of the molecule is CCC(N)CN1CC(C)C(N(C)C)C1. The van der Waals surface area contributed by atoms with E-state index in [0.717, 1.165) is 18.9 Å². The van der Waals surface area contributed by atoms with E-state index in [9.17, 15) is 0 Å². The van der Waals surface area contributed by atoms with Crippen LogP contribution in [0.25, 0.3) is 0 Å². The van der Waals surface area contributed by atoms with Crippen LogP contribution in [0.2, 0.25) is 0 Å². The molecule has 0 aromatic carbocycles. The number of likely N-dealkylation sites (tertiary alicyclic amines) is 1. The van der Waals surface area contributed by atoms with Crippen LogP contribution in [0.15, 0.2) is 0 Å². The molecular weight excluding hydrogens is 174 g/mol. The first-order valence-electron chi connectivity index (χ1n) is 5.69. The van der Waals surface area contributed by atoms with E-state index in [-0.39, 0.29) is 0 Å². The highest BCUT2D eigenvalue weighted by Crippen LogP contribution is 2.19. The molecule has 84 valence electrons. The highest BCUT2D eigenvalue weighted by molar-refractivity contribution is 4.87. The van der Waals surface area contributed by atoms with Crippen LogP contribution >= 0.6 is 0 Å². The van der Waals surface area contributed by atoms with Gasteiger partial charge in [0, 0.05) is 31.7 Å². The molecule has 3 nitrogen and oxygen atoms in total. The molecule has 0 amide bonds. The van der Waals surface area contributed by atoms with Crippen LogP contribution in [0.3, 0.4) is 0 Å². The number of rotatable bonds is 4. The normalized spacial score (nSPS) is 31.3. The van der Waals surface area contributed by atoms with Gasteiger partial charge in [-0.2, -0.15) is 0 Å². The molecule has 1 aliphatic rings. The molecule has 0 aromatic heterocycles. The molecule has 0 bridgehead atoms. The molecule has 1 saturated heterocycles. The summed E-state index contributed by atoms with van der Waals surface area (Å²) in [6.07, 6.45) is 1.08. The fourth-order valence-electron chi connectivity index (χ4n) is 2.33. The van der Waals surface area contributed by atoms with Gasteiger partial charge in [-0.15, -0.1) is 0 Å². The molecule has 3 atom stereocenters. The summed E-state index contributed by atoms with van der Waals surface area (Å²) >= 11 is 0. The summed E-state index contributed by atoms with van der Waals surface area (Å²) in [6.45, 7) is 7.94. The molecule has 3 unspecified atom stereocenters. The smallest absolute Gasteiger partial charge is 0.0254 e. The third-order valence-electron chi connectivity index (χ3n) is 3.33. The van der Waals surface area contributed by atoms with Gasteiger partial charge >= 0.3 is 0 Å². The lowest BCUT2D eigenvalue weighted by molar-refractivity contribution is 0.247. The van der Waals surface area contributed by atoms with Gasteiger partial charge in [-0.05, 0) is 26.4 Å². The summed E-state index contributed by atoms with van der Waals surface area (Å²) < 4.78 is 0.